The number of hydrogen-bond donors (Lipinski definition) is 1. The lowest BCUT2D eigenvalue weighted by Crippen LogP contribution is -2.43. The van der Waals surface area contributed by atoms with E-state index >= 15 is 0 Å². The zero-order valence-electron chi connectivity index (χ0n) is 24.1. The summed E-state index contributed by atoms with van der Waals surface area (Å²) < 4.78 is 73.3. The Morgan fingerprint density at radius 3 is 2.60 bits per heavy atom. The van der Waals surface area contributed by atoms with Gasteiger partial charge in [-0.2, -0.15) is 4.31 Å². The lowest BCUT2D eigenvalue weighted by molar-refractivity contribution is -0.158. The van der Waals surface area contributed by atoms with Crippen LogP contribution in [0.1, 0.15) is 77.7 Å². The number of halogens is 2. The predicted octanol–water partition coefficient (Wildman–Crippen LogP) is 4.83. The lowest BCUT2D eigenvalue weighted by atomic mass is 9.92. The first-order valence-corrected chi connectivity index (χ1v) is 15.9. The molecule has 1 N–H and O–H groups in total. The van der Waals surface area contributed by atoms with Crippen LogP contribution in [0.2, 0.25) is 0 Å². The molecular formula is C29H44F2N2O6S. The third kappa shape index (κ3) is 7.92. The van der Waals surface area contributed by atoms with Gasteiger partial charge in [0.25, 0.3) is 0 Å². The van der Waals surface area contributed by atoms with E-state index in [9.17, 15) is 22.0 Å². The Hall–Kier alpha value is -1.82. The highest BCUT2D eigenvalue weighted by atomic mass is 32.2. The molecule has 2 saturated heterocycles. The van der Waals surface area contributed by atoms with Gasteiger partial charge in [-0.3, -0.25) is 4.79 Å². The fraction of sp³-hybridized carbons (Fsp3) is 0.759. The highest BCUT2D eigenvalue weighted by Crippen LogP contribution is 2.36. The molecule has 1 aromatic rings. The molecule has 11 heteroatoms. The van der Waals surface area contributed by atoms with E-state index in [0.717, 1.165) is 24.9 Å². The van der Waals surface area contributed by atoms with Crippen LogP contribution in [0.25, 0.3) is 0 Å². The summed E-state index contributed by atoms with van der Waals surface area (Å²) >= 11 is 0. The molecule has 0 radical (unpaired) electrons. The van der Waals surface area contributed by atoms with Gasteiger partial charge in [-0.25, -0.2) is 17.2 Å². The van der Waals surface area contributed by atoms with E-state index in [4.69, 9.17) is 14.2 Å². The average molecular weight is 587 g/mol. The van der Waals surface area contributed by atoms with Crippen LogP contribution < -0.4 is 10.1 Å². The first-order valence-electron chi connectivity index (χ1n) is 14.5. The van der Waals surface area contributed by atoms with Crippen molar-refractivity contribution in [3.63, 3.8) is 0 Å². The normalized spacial score (nSPS) is 26.2. The number of aryl methyl sites for hydroxylation is 1. The predicted molar refractivity (Wildman–Crippen MR) is 147 cm³/mol. The topological polar surface area (TPSA) is 94.2 Å². The van der Waals surface area contributed by atoms with Gasteiger partial charge in [0.15, 0.2) is 0 Å². The van der Waals surface area contributed by atoms with Gasteiger partial charge in [0.05, 0.1) is 13.2 Å². The van der Waals surface area contributed by atoms with Crippen LogP contribution in [-0.4, -0.2) is 74.7 Å². The van der Waals surface area contributed by atoms with Crippen molar-refractivity contribution >= 4 is 16.0 Å². The number of hydrogen-bond acceptors (Lipinski definition) is 7. The fourth-order valence-corrected chi connectivity index (χ4v) is 7.49. The summed E-state index contributed by atoms with van der Waals surface area (Å²) in [5, 5.41) is 3.41. The van der Waals surface area contributed by atoms with E-state index in [2.05, 4.69) is 5.32 Å². The second kappa shape index (κ2) is 12.6. The number of sulfonamides is 1. The van der Waals surface area contributed by atoms with Gasteiger partial charge in [-0.15, -0.1) is 0 Å². The second-order valence-corrected chi connectivity index (χ2v) is 14.3. The van der Waals surface area contributed by atoms with Crippen LogP contribution >= 0.6 is 0 Å². The molecule has 8 nitrogen and oxygen atoms in total. The van der Waals surface area contributed by atoms with Gasteiger partial charge in [-0.1, -0.05) is 6.07 Å². The summed E-state index contributed by atoms with van der Waals surface area (Å²) in [6.45, 7) is 8.99. The standard InChI is InChI=1S/C29H44F2N2O6S/c1-20-9-10-26(40(35,36)33-16-6-8-23(33)27(34)39-28(2,3)4)24(17-20)38-25-19-37-18-21(25)7-5-15-32-22-11-13-29(30,31)14-12-22/h9-10,17,21-23,25,32H,5-8,11-16,18-19H2,1-4H3/t21-,23+,25+/m1/s1. The van der Waals surface area contributed by atoms with E-state index in [1.54, 1.807) is 39.0 Å². The fourth-order valence-electron chi connectivity index (χ4n) is 5.74. The molecule has 0 spiro atoms. The quantitative estimate of drug-likeness (QED) is 0.310. The van der Waals surface area contributed by atoms with Crippen molar-refractivity contribution in [2.75, 3.05) is 26.3 Å². The molecular weight excluding hydrogens is 542 g/mol. The number of ether oxygens (including phenoxy) is 3. The summed E-state index contributed by atoms with van der Waals surface area (Å²) in [7, 11) is -4.03. The summed E-state index contributed by atoms with van der Waals surface area (Å²) in [6.07, 6.45) is 3.16. The van der Waals surface area contributed by atoms with Gasteiger partial charge in [0.2, 0.25) is 15.9 Å². The minimum absolute atomic E-state index is 0.0370. The van der Waals surface area contributed by atoms with Crippen molar-refractivity contribution in [2.45, 2.75) is 114 Å². The van der Waals surface area contributed by atoms with Crippen molar-refractivity contribution in [3.8, 4) is 5.75 Å². The first-order chi connectivity index (χ1) is 18.7. The number of benzene rings is 1. The average Bonchev–Trinajstić information content (AvgIpc) is 3.52. The molecule has 3 atom stereocenters. The largest absolute Gasteiger partial charge is 0.486 e. The molecule has 0 aromatic heterocycles. The monoisotopic (exact) mass is 586 g/mol. The lowest BCUT2D eigenvalue weighted by Gasteiger charge is -2.29. The van der Waals surface area contributed by atoms with Crippen LogP contribution in [0.3, 0.4) is 0 Å². The van der Waals surface area contributed by atoms with Crippen LogP contribution in [0.15, 0.2) is 23.1 Å². The van der Waals surface area contributed by atoms with Crippen LogP contribution in [0.4, 0.5) is 8.78 Å². The van der Waals surface area contributed by atoms with Gasteiger partial charge in [0, 0.05) is 31.3 Å². The van der Waals surface area contributed by atoms with Crippen molar-refractivity contribution in [3.05, 3.63) is 23.8 Å². The Bertz CT molecular complexity index is 1130. The highest BCUT2D eigenvalue weighted by molar-refractivity contribution is 7.89. The van der Waals surface area contributed by atoms with E-state index in [-0.39, 0.29) is 48.1 Å². The molecule has 0 unspecified atom stereocenters. The van der Waals surface area contributed by atoms with E-state index in [0.29, 0.717) is 38.9 Å². The van der Waals surface area contributed by atoms with Crippen LogP contribution in [0.5, 0.6) is 5.75 Å². The summed E-state index contributed by atoms with van der Waals surface area (Å²) in [4.78, 5) is 12.9. The minimum Gasteiger partial charge on any atom is -0.486 e. The number of esters is 1. The molecule has 226 valence electrons. The maximum atomic E-state index is 13.9. The summed E-state index contributed by atoms with van der Waals surface area (Å²) in [6, 6.07) is 4.26. The number of nitrogens with one attached hydrogen (secondary N) is 1. The van der Waals surface area contributed by atoms with Crippen molar-refractivity contribution in [2.24, 2.45) is 5.92 Å². The molecule has 2 heterocycles. The SMILES string of the molecule is Cc1ccc(S(=O)(=O)N2CCC[C@H]2C(=O)OC(C)(C)C)c(O[C@H]2COC[C@H]2CCCNC2CCC(F)(F)CC2)c1. The second-order valence-electron chi connectivity index (χ2n) is 12.4. The Balaban J connectivity index is 1.40. The first kappa shape index (κ1) is 31.1. The number of rotatable bonds is 10. The van der Waals surface area contributed by atoms with Crippen molar-refractivity contribution in [1.29, 1.82) is 0 Å². The third-order valence-corrected chi connectivity index (χ3v) is 9.84. The zero-order valence-corrected chi connectivity index (χ0v) is 24.9. The third-order valence-electron chi connectivity index (χ3n) is 7.89. The maximum Gasteiger partial charge on any atom is 0.324 e. The minimum atomic E-state index is -4.03. The number of alkyl halides is 2. The zero-order chi connectivity index (χ0) is 29.1. The summed E-state index contributed by atoms with van der Waals surface area (Å²) in [5.41, 5.74) is 0.141. The molecule has 1 aliphatic carbocycles. The highest BCUT2D eigenvalue weighted by Gasteiger charge is 2.43. The number of nitrogens with zero attached hydrogens (tertiary/aromatic N) is 1. The number of carbonyl (C=O) groups is 1. The van der Waals surface area contributed by atoms with Crippen molar-refractivity contribution in [1.82, 2.24) is 9.62 Å². The summed E-state index contributed by atoms with van der Waals surface area (Å²) in [5.74, 6) is -2.73. The molecule has 3 fully saturated rings. The number of carbonyl (C=O) groups excluding carboxylic acids is 1. The van der Waals surface area contributed by atoms with Crippen LogP contribution in [0, 0.1) is 12.8 Å². The van der Waals surface area contributed by atoms with Gasteiger partial charge in [-0.05, 0) is 90.5 Å². The Morgan fingerprint density at radius 2 is 1.90 bits per heavy atom. The Labute approximate surface area is 237 Å². The maximum absolute atomic E-state index is 13.9. The molecule has 40 heavy (non-hydrogen) atoms. The van der Waals surface area contributed by atoms with Gasteiger partial charge < -0.3 is 19.5 Å². The molecule has 1 saturated carbocycles. The Kier molecular flexibility index (Phi) is 9.79. The van der Waals surface area contributed by atoms with E-state index < -0.39 is 33.6 Å². The van der Waals surface area contributed by atoms with Crippen molar-refractivity contribution < 1.29 is 36.2 Å². The van der Waals surface area contributed by atoms with E-state index in [1.807, 2.05) is 6.92 Å². The van der Waals surface area contributed by atoms with Crippen LogP contribution in [-0.2, 0) is 24.3 Å². The molecule has 2 aliphatic heterocycles. The Morgan fingerprint density at radius 1 is 1.18 bits per heavy atom. The van der Waals surface area contributed by atoms with Gasteiger partial charge >= 0.3 is 5.97 Å². The molecule has 0 bridgehead atoms. The molecule has 0 amide bonds. The molecule has 1 aromatic carbocycles. The molecule has 3 aliphatic rings. The smallest absolute Gasteiger partial charge is 0.324 e. The van der Waals surface area contributed by atoms with E-state index in [1.165, 1.54) is 4.31 Å². The molecule has 4 rings (SSSR count). The van der Waals surface area contributed by atoms with Gasteiger partial charge in [0.1, 0.15) is 28.4 Å².